The predicted octanol–water partition coefficient (Wildman–Crippen LogP) is 2.45. The van der Waals surface area contributed by atoms with Gasteiger partial charge in [-0.15, -0.1) is 0 Å². The molecular formula is C14H18F2N4O. The maximum Gasteiger partial charge on any atom is 0.387 e. The number of halogens is 2. The molecule has 2 aromatic rings. The number of hydrogen-bond acceptors (Lipinski definition) is 4. The molecule has 1 heterocycles. The van der Waals surface area contributed by atoms with E-state index in [9.17, 15) is 8.78 Å². The lowest BCUT2D eigenvalue weighted by Gasteiger charge is -2.18. The van der Waals surface area contributed by atoms with E-state index in [-0.39, 0.29) is 11.8 Å². The van der Waals surface area contributed by atoms with Crippen LogP contribution in [-0.2, 0) is 6.54 Å². The summed E-state index contributed by atoms with van der Waals surface area (Å²) in [6.45, 7) is 0.0187. The first kappa shape index (κ1) is 15.4. The van der Waals surface area contributed by atoms with Crippen molar-refractivity contribution in [1.82, 2.24) is 15.2 Å². The van der Waals surface area contributed by atoms with Gasteiger partial charge < -0.3 is 4.74 Å². The Balaban J connectivity index is 2.22. The van der Waals surface area contributed by atoms with Gasteiger partial charge in [-0.05, 0) is 30.2 Å². The van der Waals surface area contributed by atoms with Gasteiger partial charge in [0.15, 0.2) is 0 Å². The lowest BCUT2D eigenvalue weighted by molar-refractivity contribution is -0.0498. The highest BCUT2D eigenvalue weighted by molar-refractivity contribution is 5.33. The Hall–Kier alpha value is -1.99. The molecule has 0 amide bonds. The fourth-order valence-electron chi connectivity index (χ4n) is 2.18. The van der Waals surface area contributed by atoms with Crippen LogP contribution in [0.5, 0.6) is 5.75 Å². The van der Waals surface area contributed by atoms with E-state index < -0.39 is 6.61 Å². The second-order valence-electron chi connectivity index (χ2n) is 4.53. The fraction of sp³-hybridized carbons (Fsp3) is 0.357. The number of ether oxygens (including phenoxy) is 1. The van der Waals surface area contributed by atoms with Gasteiger partial charge in [0.25, 0.3) is 0 Å². The number of nitrogens with two attached hydrogens (primary N) is 1. The number of benzene rings is 1. The molecule has 0 saturated heterocycles. The number of rotatable bonds is 7. The zero-order chi connectivity index (χ0) is 15.2. The zero-order valence-corrected chi connectivity index (χ0v) is 11.7. The van der Waals surface area contributed by atoms with Crippen LogP contribution in [0.4, 0.5) is 8.78 Å². The van der Waals surface area contributed by atoms with Crippen LogP contribution in [0.2, 0.25) is 0 Å². The van der Waals surface area contributed by atoms with Crippen LogP contribution in [0.25, 0.3) is 0 Å². The second-order valence-corrected chi connectivity index (χ2v) is 4.53. The predicted molar refractivity (Wildman–Crippen MR) is 74.8 cm³/mol. The summed E-state index contributed by atoms with van der Waals surface area (Å²) in [6, 6.07) is 8.00. The molecule has 0 spiro atoms. The smallest absolute Gasteiger partial charge is 0.387 e. The van der Waals surface area contributed by atoms with E-state index in [0.717, 1.165) is 24.2 Å². The third kappa shape index (κ3) is 3.77. The minimum Gasteiger partial charge on any atom is -0.435 e. The zero-order valence-electron chi connectivity index (χ0n) is 11.7. The molecule has 1 atom stereocenters. The van der Waals surface area contributed by atoms with Crippen LogP contribution in [-0.4, -0.2) is 16.4 Å². The largest absolute Gasteiger partial charge is 0.435 e. The molecule has 2 rings (SSSR count). The van der Waals surface area contributed by atoms with Crippen molar-refractivity contribution >= 4 is 0 Å². The van der Waals surface area contributed by atoms with Crippen LogP contribution in [0.3, 0.4) is 0 Å². The molecule has 0 aliphatic rings. The monoisotopic (exact) mass is 296 g/mol. The Morgan fingerprint density at radius 3 is 2.57 bits per heavy atom. The average molecular weight is 296 g/mol. The van der Waals surface area contributed by atoms with Crippen LogP contribution in [0, 0.1) is 0 Å². The number of aromatic nitrogens is 2. The molecule has 114 valence electrons. The van der Waals surface area contributed by atoms with Crippen molar-refractivity contribution in [1.29, 1.82) is 0 Å². The van der Waals surface area contributed by atoms with Gasteiger partial charge in [0.1, 0.15) is 5.75 Å². The molecule has 5 nitrogen and oxygen atoms in total. The molecule has 0 fully saturated rings. The first-order valence-electron chi connectivity index (χ1n) is 6.68. The third-order valence-corrected chi connectivity index (χ3v) is 3.09. The summed E-state index contributed by atoms with van der Waals surface area (Å²) < 4.78 is 30.5. The maximum absolute atomic E-state index is 12.1. The molecule has 0 radical (unpaired) electrons. The fourth-order valence-corrected chi connectivity index (χ4v) is 2.18. The quantitative estimate of drug-likeness (QED) is 0.608. The van der Waals surface area contributed by atoms with Gasteiger partial charge in [0, 0.05) is 12.7 Å². The van der Waals surface area contributed by atoms with Gasteiger partial charge in [-0.2, -0.15) is 13.9 Å². The summed E-state index contributed by atoms with van der Waals surface area (Å²) in [6.07, 6.45) is 2.66. The van der Waals surface area contributed by atoms with Crippen molar-refractivity contribution in [2.45, 2.75) is 32.5 Å². The third-order valence-electron chi connectivity index (χ3n) is 3.09. The van der Waals surface area contributed by atoms with E-state index in [2.05, 4.69) is 22.2 Å². The normalized spacial score (nSPS) is 12.6. The van der Waals surface area contributed by atoms with Crippen molar-refractivity contribution in [3.63, 3.8) is 0 Å². The van der Waals surface area contributed by atoms with E-state index in [4.69, 9.17) is 5.84 Å². The molecule has 1 unspecified atom stereocenters. The Kier molecular flexibility index (Phi) is 5.24. The summed E-state index contributed by atoms with van der Waals surface area (Å²) in [7, 11) is 0. The first-order valence-corrected chi connectivity index (χ1v) is 6.68. The number of nitrogens with zero attached hydrogens (tertiary/aromatic N) is 2. The highest BCUT2D eigenvalue weighted by Gasteiger charge is 2.17. The Morgan fingerprint density at radius 2 is 2.00 bits per heavy atom. The van der Waals surface area contributed by atoms with Crippen LogP contribution >= 0.6 is 0 Å². The Labute approximate surface area is 121 Å². The summed E-state index contributed by atoms with van der Waals surface area (Å²) in [5.41, 5.74) is 4.49. The minimum atomic E-state index is -2.83. The molecule has 21 heavy (non-hydrogen) atoms. The number of alkyl halides is 2. The number of aryl methyl sites for hydroxylation is 1. The highest BCUT2D eigenvalue weighted by atomic mass is 19.3. The van der Waals surface area contributed by atoms with Crippen molar-refractivity contribution < 1.29 is 13.5 Å². The summed E-state index contributed by atoms with van der Waals surface area (Å²) in [5.74, 6) is 5.75. The summed E-state index contributed by atoms with van der Waals surface area (Å²) in [4.78, 5) is 0. The summed E-state index contributed by atoms with van der Waals surface area (Å²) >= 11 is 0. The molecule has 0 saturated carbocycles. The standard InChI is InChI=1S/C14H18F2N4O/c1-2-9-20-12(7-8-18-20)13(19-17)10-3-5-11(6-4-10)21-14(15)16/h3-8,13-14,19H,2,9,17H2,1H3. The van der Waals surface area contributed by atoms with Crippen molar-refractivity contribution in [2.24, 2.45) is 5.84 Å². The van der Waals surface area contributed by atoms with Crippen molar-refractivity contribution in [2.75, 3.05) is 0 Å². The Bertz CT molecular complexity index is 556. The molecule has 0 bridgehead atoms. The van der Waals surface area contributed by atoms with E-state index in [1.165, 1.54) is 12.1 Å². The lowest BCUT2D eigenvalue weighted by atomic mass is 10.0. The van der Waals surface area contributed by atoms with Gasteiger partial charge in [-0.3, -0.25) is 10.5 Å². The van der Waals surface area contributed by atoms with Gasteiger partial charge in [0.05, 0.1) is 11.7 Å². The van der Waals surface area contributed by atoms with Gasteiger partial charge in [-0.25, -0.2) is 5.43 Å². The van der Waals surface area contributed by atoms with Crippen molar-refractivity contribution in [3.8, 4) is 5.75 Å². The Morgan fingerprint density at radius 1 is 1.29 bits per heavy atom. The van der Waals surface area contributed by atoms with Crippen LogP contribution in [0.15, 0.2) is 36.5 Å². The van der Waals surface area contributed by atoms with Crippen LogP contribution in [0.1, 0.15) is 30.6 Å². The van der Waals surface area contributed by atoms with Crippen molar-refractivity contribution in [3.05, 3.63) is 47.8 Å². The number of hydrazine groups is 1. The lowest BCUT2D eigenvalue weighted by Crippen LogP contribution is -2.30. The second kappa shape index (κ2) is 7.14. The molecule has 0 aliphatic heterocycles. The molecule has 7 heteroatoms. The topological polar surface area (TPSA) is 65.1 Å². The average Bonchev–Trinajstić information content (AvgIpc) is 2.90. The molecule has 0 aliphatic carbocycles. The van der Waals surface area contributed by atoms with Crippen LogP contribution < -0.4 is 16.0 Å². The van der Waals surface area contributed by atoms with E-state index in [1.54, 1.807) is 18.3 Å². The van der Waals surface area contributed by atoms with Gasteiger partial charge in [0.2, 0.25) is 0 Å². The molecular weight excluding hydrogens is 278 g/mol. The minimum absolute atomic E-state index is 0.117. The number of nitrogens with one attached hydrogen (secondary N) is 1. The SMILES string of the molecule is CCCn1nccc1C(NN)c1ccc(OC(F)F)cc1. The maximum atomic E-state index is 12.1. The van der Waals surface area contributed by atoms with E-state index in [1.807, 2.05) is 10.7 Å². The molecule has 1 aromatic heterocycles. The van der Waals surface area contributed by atoms with Gasteiger partial charge >= 0.3 is 6.61 Å². The van der Waals surface area contributed by atoms with E-state index >= 15 is 0 Å². The molecule has 3 N–H and O–H groups in total. The first-order chi connectivity index (χ1) is 10.2. The summed E-state index contributed by atoms with van der Waals surface area (Å²) in [5, 5.41) is 4.25. The van der Waals surface area contributed by atoms with E-state index in [0.29, 0.717) is 0 Å². The number of hydrogen-bond donors (Lipinski definition) is 2. The van der Waals surface area contributed by atoms with Gasteiger partial charge in [-0.1, -0.05) is 19.1 Å². The highest BCUT2D eigenvalue weighted by Crippen LogP contribution is 2.24. The molecule has 1 aromatic carbocycles.